The van der Waals surface area contributed by atoms with Crippen LogP contribution in [-0.2, 0) is 4.74 Å². The lowest BCUT2D eigenvalue weighted by atomic mass is 10.1. The van der Waals surface area contributed by atoms with Gasteiger partial charge in [0, 0.05) is 24.7 Å². The van der Waals surface area contributed by atoms with E-state index in [1.165, 1.54) is 0 Å². The molecule has 0 amide bonds. The summed E-state index contributed by atoms with van der Waals surface area (Å²) >= 11 is 5.77. The van der Waals surface area contributed by atoms with E-state index < -0.39 is 6.10 Å². The molecule has 0 aromatic heterocycles. The Morgan fingerprint density at radius 1 is 1.38 bits per heavy atom. The minimum atomic E-state index is -0.517. The molecule has 0 spiro atoms. The third-order valence-corrected chi connectivity index (χ3v) is 2.58. The molecule has 90 valence electrons. The lowest BCUT2D eigenvalue weighted by Gasteiger charge is -2.16. The van der Waals surface area contributed by atoms with Crippen molar-refractivity contribution in [2.45, 2.75) is 19.1 Å². The van der Waals surface area contributed by atoms with Gasteiger partial charge in [-0.3, -0.25) is 0 Å². The zero-order valence-electron chi connectivity index (χ0n) is 9.61. The van der Waals surface area contributed by atoms with Gasteiger partial charge in [0.25, 0.3) is 0 Å². The van der Waals surface area contributed by atoms with E-state index in [0.717, 1.165) is 5.56 Å². The van der Waals surface area contributed by atoms with Gasteiger partial charge in [-0.2, -0.15) is 0 Å². The monoisotopic (exact) mass is 243 g/mol. The van der Waals surface area contributed by atoms with E-state index >= 15 is 0 Å². The Kier molecular flexibility index (Phi) is 5.77. The van der Waals surface area contributed by atoms with E-state index in [2.05, 4.69) is 5.32 Å². The van der Waals surface area contributed by atoms with Crippen LogP contribution in [0.1, 0.15) is 18.6 Å². The molecule has 0 radical (unpaired) electrons. The number of ether oxygens (including phenoxy) is 1. The Hall–Kier alpha value is -0.610. The number of halogens is 1. The van der Waals surface area contributed by atoms with Crippen molar-refractivity contribution < 1.29 is 9.84 Å². The fraction of sp³-hybridized carbons (Fsp3) is 0.500. The highest BCUT2D eigenvalue weighted by Gasteiger charge is 2.08. The predicted molar refractivity (Wildman–Crippen MR) is 65.8 cm³/mol. The van der Waals surface area contributed by atoms with E-state index in [1.54, 1.807) is 19.2 Å². The summed E-state index contributed by atoms with van der Waals surface area (Å²) in [5.41, 5.74) is 0.863. The molecule has 0 aliphatic carbocycles. The van der Waals surface area contributed by atoms with Crippen LogP contribution in [0.5, 0.6) is 0 Å². The largest absolute Gasteiger partial charge is 0.387 e. The van der Waals surface area contributed by atoms with Gasteiger partial charge < -0.3 is 15.2 Å². The number of rotatable bonds is 6. The SMILES string of the molecule is COCC(C)NCC(O)c1ccc(Cl)cc1. The van der Waals surface area contributed by atoms with Gasteiger partial charge in [-0.25, -0.2) is 0 Å². The second kappa shape index (κ2) is 6.86. The van der Waals surface area contributed by atoms with Gasteiger partial charge in [0.15, 0.2) is 0 Å². The number of benzene rings is 1. The summed E-state index contributed by atoms with van der Waals surface area (Å²) in [5.74, 6) is 0. The summed E-state index contributed by atoms with van der Waals surface area (Å²) in [6.45, 7) is 3.15. The zero-order valence-corrected chi connectivity index (χ0v) is 10.4. The van der Waals surface area contributed by atoms with Crippen LogP contribution in [0.3, 0.4) is 0 Å². The first-order chi connectivity index (χ1) is 7.63. The highest BCUT2D eigenvalue weighted by Crippen LogP contribution is 2.15. The summed E-state index contributed by atoms with van der Waals surface area (Å²) in [5, 5.41) is 13.7. The van der Waals surface area contributed by atoms with Crippen molar-refractivity contribution in [3.8, 4) is 0 Å². The van der Waals surface area contributed by atoms with Crippen LogP contribution in [0.4, 0.5) is 0 Å². The molecule has 1 aromatic rings. The maximum Gasteiger partial charge on any atom is 0.0914 e. The van der Waals surface area contributed by atoms with Crippen LogP contribution in [0, 0.1) is 0 Å². The lowest BCUT2D eigenvalue weighted by Crippen LogP contribution is -2.33. The van der Waals surface area contributed by atoms with Gasteiger partial charge in [0.1, 0.15) is 0 Å². The van der Waals surface area contributed by atoms with Crippen LogP contribution in [0.15, 0.2) is 24.3 Å². The number of hydrogen-bond acceptors (Lipinski definition) is 3. The van der Waals surface area contributed by atoms with Crippen LogP contribution >= 0.6 is 11.6 Å². The molecule has 0 saturated heterocycles. The second-order valence-corrected chi connectivity index (χ2v) is 4.27. The van der Waals surface area contributed by atoms with Crippen molar-refractivity contribution >= 4 is 11.6 Å². The molecule has 4 heteroatoms. The summed E-state index contributed by atoms with van der Waals surface area (Å²) in [4.78, 5) is 0. The zero-order chi connectivity index (χ0) is 12.0. The molecule has 3 nitrogen and oxygen atoms in total. The van der Waals surface area contributed by atoms with Gasteiger partial charge in [-0.15, -0.1) is 0 Å². The van der Waals surface area contributed by atoms with Crippen LogP contribution in [-0.4, -0.2) is 31.4 Å². The Morgan fingerprint density at radius 2 is 2.00 bits per heavy atom. The van der Waals surface area contributed by atoms with Crippen LogP contribution < -0.4 is 5.32 Å². The maximum atomic E-state index is 9.88. The van der Waals surface area contributed by atoms with Gasteiger partial charge in [0.05, 0.1) is 12.7 Å². The average molecular weight is 244 g/mol. The minimum absolute atomic E-state index is 0.229. The van der Waals surface area contributed by atoms with E-state index in [-0.39, 0.29) is 6.04 Å². The van der Waals surface area contributed by atoms with Crippen molar-refractivity contribution in [1.82, 2.24) is 5.32 Å². The summed E-state index contributed by atoms with van der Waals surface area (Å²) in [7, 11) is 1.66. The van der Waals surface area contributed by atoms with E-state index in [4.69, 9.17) is 16.3 Å². The number of hydrogen-bond donors (Lipinski definition) is 2. The van der Waals surface area contributed by atoms with Crippen molar-refractivity contribution in [3.63, 3.8) is 0 Å². The van der Waals surface area contributed by atoms with Gasteiger partial charge in [-0.1, -0.05) is 23.7 Å². The van der Waals surface area contributed by atoms with Gasteiger partial charge in [0.2, 0.25) is 0 Å². The highest BCUT2D eigenvalue weighted by atomic mass is 35.5. The molecule has 0 saturated carbocycles. The molecule has 1 aromatic carbocycles. The normalized spacial score (nSPS) is 14.8. The van der Waals surface area contributed by atoms with E-state index in [1.807, 2.05) is 19.1 Å². The Morgan fingerprint density at radius 3 is 2.56 bits per heavy atom. The molecular weight excluding hydrogens is 226 g/mol. The van der Waals surface area contributed by atoms with Crippen molar-refractivity contribution in [3.05, 3.63) is 34.9 Å². The molecule has 0 fully saturated rings. The Bertz CT molecular complexity index is 302. The Balaban J connectivity index is 2.40. The Labute approximate surface area is 101 Å². The maximum absolute atomic E-state index is 9.88. The quantitative estimate of drug-likeness (QED) is 0.803. The smallest absolute Gasteiger partial charge is 0.0914 e. The molecule has 2 atom stereocenters. The summed E-state index contributed by atoms with van der Waals surface area (Å²) in [6, 6.07) is 7.44. The number of methoxy groups -OCH3 is 1. The van der Waals surface area contributed by atoms with Gasteiger partial charge >= 0.3 is 0 Å². The van der Waals surface area contributed by atoms with Crippen molar-refractivity contribution in [2.24, 2.45) is 0 Å². The van der Waals surface area contributed by atoms with Crippen LogP contribution in [0.25, 0.3) is 0 Å². The molecule has 1 rings (SSSR count). The first-order valence-electron chi connectivity index (χ1n) is 5.29. The molecule has 0 aliphatic rings. The number of aliphatic hydroxyl groups excluding tert-OH is 1. The second-order valence-electron chi connectivity index (χ2n) is 3.83. The first kappa shape index (κ1) is 13.5. The predicted octanol–water partition coefficient (Wildman–Crippen LogP) is 2.00. The standard InChI is InChI=1S/C12H18ClNO2/c1-9(8-16-2)14-7-12(15)10-3-5-11(13)6-4-10/h3-6,9,12,14-15H,7-8H2,1-2H3. The van der Waals surface area contributed by atoms with Gasteiger partial charge in [-0.05, 0) is 24.6 Å². The molecular formula is C12H18ClNO2. The van der Waals surface area contributed by atoms with Crippen molar-refractivity contribution in [1.29, 1.82) is 0 Å². The molecule has 0 aliphatic heterocycles. The summed E-state index contributed by atoms with van der Waals surface area (Å²) in [6.07, 6.45) is -0.517. The minimum Gasteiger partial charge on any atom is -0.387 e. The molecule has 0 heterocycles. The van der Waals surface area contributed by atoms with Crippen LogP contribution in [0.2, 0.25) is 5.02 Å². The lowest BCUT2D eigenvalue weighted by molar-refractivity contribution is 0.143. The fourth-order valence-corrected chi connectivity index (χ4v) is 1.55. The fourth-order valence-electron chi connectivity index (χ4n) is 1.42. The molecule has 2 N–H and O–H groups in total. The number of aliphatic hydroxyl groups is 1. The topological polar surface area (TPSA) is 41.5 Å². The third-order valence-electron chi connectivity index (χ3n) is 2.33. The average Bonchev–Trinajstić information content (AvgIpc) is 2.27. The molecule has 2 unspecified atom stereocenters. The molecule has 16 heavy (non-hydrogen) atoms. The summed E-state index contributed by atoms with van der Waals surface area (Å²) < 4.78 is 5.00. The van der Waals surface area contributed by atoms with E-state index in [0.29, 0.717) is 18.2 Å². The third kappa shape index (κ3) is 4.49. The van der Waals surface area contributed by atoms with E-state index in [9.17, 15) is 5.11 Å². The van der Waals surface area contributed by atoms with Crippen molar-refractivity contribution in [2.75, 3.05) is 20.3 Å². The first-order valence-corrected chi connectivity index (χ1v) is 5.67. The highest BCUT2D eigenvalue weighted by molar-refractivity contribution is 6.30. The molecule has 0 bridgehead atoms. The number of nitrogens with one attached hydrogen (secondary N) is 1.